The van der Waals surface area contributed by atoms with E-state index in [4.69, 9.17) is 4.43 Å². The van der Waals surface area contributed by atoms with E-state index in [0.29, 0.717) is 6.42 Å². The van der Waals surface area contributed by atoms with Gasteiger partial charge in [-0.25, -0.2) is 9.37 Å². The summed E-state index contributed by atoms with van der Waals surface area (Å²) in [6, 6.07) is 4.14. The smallest absolute Gasteiger partial charge is 0.192 e. The third kappa shape index (κ3) is 4.23. The highest BCUT2D eigenvalue weighted by Crippen LogP contribution is 2.41. The molecule has 0 bridgehead atoms. The van der Waals surface area contributed by atoms with Gasteiger partial charge in [0.1, 0.15) is 6.17 Å². The molecule has 0 spiro atoms. The first-order valence-electron chi connectivity index (χ1n) is 10.3. The molecule has 0 N–H and O–H groups in total. The molecule has 0 aromatic carbocycles. The van der Waals surface area contributed by atoms with Crippen molar-refractivity contribution in [2.45, 2.75) is 90.2 Å². The molecule has 0 radical (unpaired) electrons. The molecule has 1 aliphatic carbocycles. The first-order valence-corrected chi connectivity index (χ1v) is 13.2. The molecule has 1 saturated carbocycles. The Balaban J connectivity index is 1.67. The Bertz CT molecular complexity index is 791. The largest absolute Gasteiger partial charge is 0.411 e. The van der Waals surface area contributed by atoms with Crippen LogP contribution >= 0.6 is 0 Å². The Hall–Kier alpha value is -1.53. The second-order valence-corrected chi connectivity index (χ2v) is 14.4. The van der Waals surface area contributed by atoms with E-state index in [0.717, 1.165) is 35.7 Å². The number of hydrogen-bond donors (Lipinski definition) is 0. The summed E-state index contributed by atoms with van der Waals surface area (Å²) in [5.74, 6) is 0.929. The zero-order chi connectivity index (χ0) is 20.7. The topological polar surface area (TPSA) is 39.9 Å². The van der Waals surface area contributed by atoms with Crippen LogP contribution in [0.15, 0.2) is 24.5 Å². The highest BCUT2D eigenvalue weighted by molar-refractivity contribution is 6.74. The van der Waals surface area contributed by atoms with Crippen LogP contribution in [0.3, 0.4) is 0 Å². The van der Waals surface area contributed by atoms with Crippen molar-refractivity contribution in [3.05, 3.63) is 41.6 Å². The summed E-state index contributed by atoms with van der Waals surface area (Å²) in [6.07, 6.45) is 4.52. The van der Waals surface area contributed by atoms with Gasteiger partial charge in [0.05, 0.1) is 24.2 Å². The minimum absolute atomic E-state index is 0.0968. The molecule has 2 aromatic heterocycles. The quantitative estimate of drug-likeness (QED) is 0.598. The van der Waals surface area contributed by atoms with Gasteiger partial charge in [-0.3, -0.25) is 4.98 Å². The number of rotatable bonds is 4. The maximum atomic E-state index is 15.0. The average molecular weight is 404 g/mol. The van der Waals surface area contributed by atoms with Gasteiger partial charge >= 0.3 is 0 Å². The molecule has 0 unspecified atom stereocenters. The fourth-order valence-electron chi connectivity index (χ4n) is 3.73. The molecule has 154 valence electrons. The fraction of sp³-hybridized carbons (Fsp3) is 0.636. The van der Waals surface area contributed by atoms with Crippen LogP contribution in [0.4, 0.5) is 4.39 Å². The summed E-state index contributed by atoms with van der Waals surface area (Å²) in [5.41, 5.74) is 3.15. The number of aryl methyl sites for hydroxylation is 2. The molecule has 0 saturated heterocycles. The van der Waals surface area contributed by atoms with Crippen LogP contribution < -0.4 is 0 Å². The van der Waals surface area contributed by atoms with Crippen LogP contribution in [0.5, 0.6) is 0 Å². The van der Waals surface area contributed by atoms with Crippen LogP contribution in [0.1, 0.15) is 63.0 Å². The molecule has 3 rings (SSSR count). The van der Waals surface area contributed by atoms with Crippen LogP contribution in [0, 0.1) is 13.8 Å². The van der Waals surface area contributed by atoms with Gasteiger partial charge in [-0.1, -0.05) is 20.8 Å². The van der Waals surface area contributed by atoms with E-state index in [1.165, 1.54) is 0 Å². The lowest BCUT2D eigenvalue weighted by Crippen LogP contribution is -2.47. The Kier molecular flexibility index (Phi) is 5.83. The van der Waals surface area contributed by atoms with Crippen molar-refractivity contribution in [1.82, 2.24) is 14.5 Å². The molecule has 28 heavy (non-hydrogen) atoms. The SMILES string of the molecule is Cc1ccc(C)n1-c1cnc([C@@H]2CC[C@H](O[Si](C)(C)C(C)(C)C)[C@@H](F)C2)cn1. The van der Waals surface area contributed by atoms with Gasteiger partial charge in [0.15, 0.2) is 14.1 Å². The summed E-state index contributed by atoms with van der Waals surface area (Å²) in [7, 11) is -1.96. The van der Waals surface area contributed by atoms with Crippen molar-refractivity contribution in [3.8, 4) is 5.82 Å². The van der Waals surface area contributed by atoms with Gasteiger partial charge in [-0.2, -0.15) is 0 Å². The number of halogens is 1. The van der Waals surface area contributed by atoms with Gasteiger partial charge < -0.3 is 8.99 Å². The van der Waals surface area contributed by atoms with Crippen molar-refractivity contribution in [3.63, 3.8) is 0 Å². The molecule has 0 aliphatic heterocycles. The van der Waals surface area contributed by atoms with Gasteiger partial charge in [0, 0.05) is 17.3 Å². The van der Waals surface area contributed by atoms with Crippen molar-refractivity contribution >= 4 is 8.32 Å². The molecule has 2 heterocycles. The maximum Gasteiger partial charge on any atom is 0.192 e. The van der Waals surface area contributed by atoms with E-state index in [2.05, 4.69) is 74.4 Å². The zero-order valence-corrected chi connectivity index (χ0v) is 19.3. The Morgan fingerprint density at radius 3 is 2.21 bits per heavy atom. The molecule has 6 heteroatoms. The lowest BCUT2D eigenvalue weighted by Gasteiger charge is -2.42. The normalized spacial score (nSPS) is 23.8. The molecule has 0 amide bonds. The van der Waals surface area contributed by atoms with Crippen molar-refractivity contribution in [2.24, 2.45) is 0 Å². The highest BCUT2D eigenvalue weighted by atomic mass is 28.4. The molecule has 1 fully saturated rings. The van der Waals surface area contributed by atoms with Gasteiger partial charge in [0.2, 0.25) is 0 Å². The average Bonchev–Trinajstić information content (AvgIpc) is 2.94. The number of hydrogen-bond acceptors (Lipinski definition) is 3. The van der Waals surface area contributed by atoms with Crippen LogP contribution in [-0.2, 0) is 4.43 Å². The fourth-order valence-corrected chi connectivity index (χ4v) is 5.11. The summed E-state index contributed by atoms with van der Waals surface area (Å²) < 4.78 is 23.4. The summed E-state index contributed by atoms with van der Waals surface area (Å²) in [4.78, 5) is 9.24. The monoisotopic (exact) mass is 403 g/mol. The minimum Gasteiger partial charge on any atom is -0.411 e. The third-order valence-electron chi connectivity index (χ3n) is 6.54. The van der Waals surface area contributed by atoms with Gasteiger partial charge in [0.25, 0.3) is 0 Å². The predicted octanol–water partition coefficient (Wildman–Crippen LogP) is 5.88. The van der Waals surface area contributed by atoms with E-state index < -0.39 is 14.5 Å². The predicted molar refractivity (Wildman–Crippen MR) is 114 cm³/mol. The molecule has 2 aromatic rings. The van der Waals surface area contributed by atoms with E-state index in [9.17, 15) is 4.39 Å². The lowest BCUT2D eigenvalue weighted by atomic mass is 9.84. The second kappa shape index (κ2) is 7.71. The van der Waals surface area contributed by atoms with Gasteiger partial charge in [-0.05, 0) is 63.4 Å². The molecule has 3 atom stereocenters. The Morgan fingerprint density at radius 2 is 1.71 bits per heavy atom. The summed E-state index contributed by atoms with van der Waals surface area (Å²) >= 11 is 0. The lowest BCUT2D eigenvalue weighted by molar-refractivity contribution is 0.0448. The summed E-state index contributed by atoms with van der Waals surface area (Å²) in [6.45, 7) is 15.1. The Labute approximate surface area is 169 Å². The molecule has 1 aliphatic rings. The second-order valence-electron chi connectivity index (χ2n) is 9.69. The first kappa shape index (κ1) is 21.2. The van der Waals surface area contributed by atoms with Crippen LogP contribution in [-0.4, -0.2) is 35.1 Å². The molecular formula is C22H34FN3OSi. The standard InChI is InChI=1S/C22H34FN3OSi/c1-15-8-9-16(2)26(15)21-14-24-19(13-25-21)17-10-11-20(18(23)12-17)27-28(6,7)22(3,4)5/h8-9,13-14,17-18,20H,10-12H2,1-7H3/t17-,18+,20+/m1/s1. The van der Waals surface area contributed by atoms with E-state index in [1.54, 1.807) is 6.20 Å². The highest BCUT2D eigenvalue weighted by Gasteiger charge is 2.42. The van der Waals surface area contributed by atoms with E-state index in [1.807, 2.05) is 6.20 Å². The zero-order valence-electron chi connectivity index (χ0n) is 18.3. The Morgan fingerprint density at radius 1 is 1.07 bits per heavy atom. The van der Waals surface area contributed by atoms with Crippen LogP contribution in [0.25, 0.3) is 5.82 Å². The van der Waals surface area contributed by atoms with Crippen molar-refractivity contribution < 1.29 is 8.82 Å². The molecular weight excluding hydrogens is 369 g/mol. The van der Waals surface area contributed by atoms with E-state index in [-0.39, 0.29) is 17.1 Å². The number of nitrogens with zero attached hydrogens (tertiary/aromatic N) is 3. The van der Waals surface area contributed by atoms with Crippen molar-refractivity contribution in [1.29, 1.82) is 0 Å². The van der Waals surface area contributed by atoms with E-state index >= 15 is 0 Å². The number of aromatic nitrogens is 3. The van der Waals surface area contributed by atoms with Crippen LogP contribution in [0.2, 0.25) is 18.1 Å². The number of alkyl halides is 1. The minimum atomic E-state index is -1.96. The molecule has 4 nitrogen and oxygen atoms in total. The van der Waals surface area contributed by atoms with Crippen molar-refractivity contribution in [2.75, 3.05) is 0 Å². The first-order chi connectivity index (χ1) is 13.0. The van der Waals surface area contributed by atoms with Gasteiger partial charge in [-0.15, -0.1) is 0 Å². The maximum absolute atomic E-state index is 15.0. The third-order valence-corrected chi connectivity index (χ3v) is 11.0. The summed E-state index contributed by atoms with van der Waals surface area (Å²) in [5, 5.41) is 0.0968.